The molecular weight excluding hydrogens is 344 g/mol. The summed E-state index contributed by atoms with van der Waals surface area (Å²) in [6.45, 7) is 2.16. The number of amides is 2. The Balaban J connectivity index is 1.62. The fourth-order valence-corrected chi connectivity index (χ4v) is 3.42. The van der Waals surface area contributed by atoms with E-state index in [4.69, 9.17) is 9.47 Å². The van der Waals surface area contributed by atoms with Gasteiger partial charge in [-0.3, -0.25) is 9.59 Å². The van der Waals surface area contributed by atoms with E-state index in [9.17, 15) is 9.59 Å². The number of fused-ring (bicyclic) bond motifs is 1. The van der Waals surface area contributed by atoms with Crippen molar-refractivity contribution >= 4 is 17.5 Å². The van der Waals surface area contributed by atoms with Gasteiger partial charge in [0.1, 0.15) is 5.75 Å². The molecule has 0 saturated carbocycles. The molecule has 6 heteroatoms. The average molecular weight is 368 g/mol. The topological polar surface area (TPSA) is 76.7 Å². The number of methoxy groups -OCH3 is 2. The fourth-order valence-electron chi connectivity index (χ4n) is 3.42. The third kappa shape index (κ3) is 4.11. The molecule has 0 aliphatic heterocycles. The van der Waals surface area contributed by atoms with Crippen LogP contribution in [0.2, 0.25) is 0 Å². The Hall–Kier alpha value is -2.86. The van der Waals surface area contributed by atoms with Crippen LogP contribution in [0.25, 0.3) is 0 Å². The second-order valence-electron chi connectivity index (χ2n) is 6.85. The maximum atomic E-state index is 12.3. The normalized spacial score (nSPS) is 14.3. The third-order valence-electron chi connectivity index (χ3n) is 4.96. The monoisotopic (exact) mass is 368 g/mol. The van der Waals surface area contributed by atoms with Gasteiger partial charge in [-0.25, -0.2) is 0 Å². The van der Waals surface area contributed by atoms with Crippen LogP contribution in [0.4, 0.5) is 5.69 Å². The maximum absolute atomic E-state index is 12.3. The molecule has 142 valence electrons. The first-order valence-corrected chi connectivity index (χ1v) is 8.82. The Morgan fingerprint density at radius 3 is 2.30 bits per heavy atom. The van der Waals surface area contributed by atoms with Crippen molar-refractivity contribution in [2.24, 2.45) is 0 Å². The smallest absolute Gasteiger partial charge is 0.313 e. The maximum Gasteiger partial charge on any atom is 0.313 e. The number of carbonyl (C=O) groups excluding carboxylic acids is 2. The van der Waals surface area contributed by atoms with Crippen molar-refractivity contribution in [2.45, 2.75) is 25.4 Å². The van der Waals surface area contributed by atoms with E-state index in [1.165, 1.54) is 18.2 Å². The van der Waals surface area contributed by atoms with Crippen molar-refractivity contribution < 1.29 is 19.1 Å². The van der Waals surface area contributed by atoms with Crippen molar-refractivity contribution in [3.05, 3.63) is 59.2 Å². The van der Waals surface area contributed by atoms with Crippen molar-refractivity contribution in [3.8, 4) is 5.75 Å². The summed E-state index contributed by atoms with van der Waals surface area (Å²) in [5.74, 6) is -0.937. The lowest BCUT2D eigenvalue weighted by Gasteiger charge is -2.27. The summed E-state index contributed by atoms with van der Waals surface area (Å²) < 4.78 is 10.9. The van der Waals surface area contributed by atoms with E-state index in [-0.39, 0.29) is 6.54 Å². The third-order valence-corrected chi connectivity index (χ3v) is 4.96. The number of aryl methyl sites for hydroxylation is 1. The molecule has 0 spiro atoms. The van der Waals surface area contributed by atoms with Crippen molar-refractivity contribution in [1.82, 2.24) is 5.32 Å². The standard InChI is InChI=1S/C21H24N2O4/c1-14-8-9-18(26-2)17(10-14)23-20(25)19(24)22-13-21(27-3)11-15-6-4-5-7-16(15)12-21/h4-10H,11-13H2,1-3H3,(H,22,24)(H,23,25). The van der Waals surface area contributed by atoms with Gasteiger partial charge in [-0.05, 0) is 35.7 Å². The zero-order valence-electron chi connectivity index (χ0n) is 15.8. The Bertz CT molecular complexity index is 838. The predicted molar refractivity (Wildman–Crippen MR) is 103 cm³/mol. The molecule has 2 N–H and O–H groups in total. The Labute approximate surface area is 158 Å². The Morgan fingerprint density at radius 2 is 1.70 bits per heavy atom. The molecule has 0 fully saturated rings. The molecule has 0 unspecified atom stereocenters. The van der Waals surface area contributed by atoms with E-state index in [1.807, 2.05) is 25.1 Å². The first kappa shape index (κ1) is 18.9. The van der Waals surface area contributed by atoms with Gasteiger partial charge in [-0.15, -0.1) is 0 Å². The first-order valence-electron chi connectivity index (χ1n) is 8.82. The minimum Gasteiger partial charge on any atom is -0.495 e. The molecule has 2 aromatic carbocycles. The van der Waals surface area contributed by atoms with Gasteiger partial charge in [0, 0.05) is 26.5 Å². The molecular formula is C21H24N2O4. The summed E-state index contributed by atoms with van der Waals surface area (Å²) in [7, 11) is 3.15. The molecule has 3 rings (SSSR count). The number of hydrogen-bond donors (Lipinski definition) is 2. The van der Waals surface area contributed by atoms with Gasteiger partial charge in [-0.2, -0.15) is 0 Å². The fraction of sp³-hybridized carbons (Fsp3) is 0.333. The lowest BCUT2D eigenvalue weighted by molar-refractivity contribution is -0.137. The van der Waals surface area contributed by atoms with Crippen molar-refractivity contribution in [2.75, 3.05) is 26.1 Å². The minimum atomic E-state index is -0.735. The second kappa shape index (κ2) is 7.80. The van der Waals surface area contributed by atoms with Gasteiger partial charge in [0.15, 0.2) is 0 Å². The van der Waals surface area contributed by atoms with Crippen LogP contribution in [0.1, 0.15) is 16.7 Å². The number of ether oxygens (including phenoxy) is 2. The van der Waals surface area contributed by atoms with E-state index >= 15 is 0 Å². The first-order chi connectivity index (χ1) is 13.0. The molecule has 0 atom stereocenters. The molecule has 2 aromatic rings. The molecule has 1 aliphatic carbocycles. The van der Waals surface area contributed by atoms with Gasteiger partial charge >= 0.3 is 11.8 Å². The van der Waals surface area contributed by atoms with E-state index in [0.717, 1.165) is 5.56 Å². The molecule has 27 heavy (non-hydrogen) atoms. The van der Waals surface area contributed by atoms with Gasteiger partial charge in [0.25, 0.3) is 0 Å². The van der Waals surface area contributed by atoms with Gasteiger partial charge in [0.2, 0.25) is 0 Å². The SMILES string of the molecule is COc1ccc(C)cc1NC(=O)C(=O)NCC1(OC)Cc2ccccc2C1. The van der Waals surface area contributed by atoms with Crippen LogP contribution in [-0.2, 0) is 27.2 Å². The molecule has 1 aliphatic rings. The zero-order chi connectivity index (χ0) is 19.4. The Kier molecular flexibility index (Phi) is 5.46. The summed E-state index contributed by atoms with van der Waals surface area (Å²) in [6, 6.07) is 13.5. The lowest BCUT2D eigenvalue weighted by Crippen LogP contribution is -2.48. The number of carbonyl (C=O) groups is 2. The number of anilines is 1. The van der Waals surface area contributed by atoms with Crippen LogP contribution in [0.15, 0.2) is 42.5 Å². The van der Waals surface area contributed by atoms with Crippen LogP contribution in [0.5, 0.6) is 5.75 Å². The Morgan fingerprint density at radius 1 is 1.04 bits per heavy atom. The molecule has 0 radical (unpaired) electrons. The van der Waals surface area contributed by atoms with Crippen LogP contribution in [0.3, 0.4) is 0 Å². The van der Waals surface area contributed by atoms with E-state index in [0.29, 0.717) is 24.3 Å². The van der Waals surface area contributed by atoms with Crippen molar-refractivity contribution in [1.29, 1.82) is 0 Å². The minimum absolute atomic E-state index is 0.259. The molecule has 6 nitrogen and oxygen atoms in total. The summed E-state index contributed by atoms with van der Waals surface area (Å²) in [4.78, 5) is 24.6. The highest BCUT2D eigenvalue weighted by molar-refractivity contribution is 6.39. The summed E-state index contributed by atoms with van der Waals surface area (Å²) in [6.07, 6.45) is 1.40. The molecule has 2 amide bonds. The van der Waals surface area contributed by atoms with Gasteiger partial charge in [-0.1, -0.05) is 30.3 Å². The molecule has 0 heterocycles. The highest BCUT2D eigenvalue weighted by Crippen LogP contribution is 2.32. The van der Waals surface area contributed by atoms with Gasteiger partial charge in [0.05, 0.1) is 18.4 Å². The lowest BCUT2D eigenvalue weighted by atomic mass is 10.00. The largest absolute Gasteiger partial charge is 0.495 e. The van der Waals surface area contributed by atoms with Crippen LogP contribution < -0.4 is 15.4 Å². The van der Waals surface area contributed by atoms with Crippen LogP contribution in [-0.4, -0.2) is 38.2 Å². The van der Waals surface area contributed by atoms with E-state index in [1.54, 1.807) is 19.2 Å². The number of benzene rings is 2. The predicted octanol–water partition coefficient (Wildman–Crippen LogP) is 2.24. The number of nitrogens with one attached hydrogen (secondary N) is 2. The van der Waals surface area contributed by atoms with E-state index in [2.05, 4.69) is 22.8 Å². The van der Waals surface area contributed by atoms with Gasteiger partial charge < -0.3 is 20.1 Å². The summed E-state index contributed by atoms with van der Waals surface area (Å²) in [5, 5.41) is 5.31. The highest BCUT2D eigenvalue weighted by Gasteiger charge is 2.38. The quantitative estimate of drug-likeness (QED) is 0.794. The van der Waals surface area contributed by atoms with Crippen LogP contribution in [0, 0.1) is 6.92 Å². The average Bonchev–Trinajstić information content (AvgIpc) is 3.05. The van der Waals surface area contributed by atoms with Crippen LogP contribution >= 0.6 is 0 Å². The highest BCUT2D eigenvalue weighted by atomic mass is 16.5. The zero-order valence-corrected chi connectivity index (χ0v) is 15.8. The number of hydrogen-bond acceptors (Lipinski definition) is 4. The second-order valence-corrected chi connectivity index (χ2v) is 6.85. The molecule has 0 aromatic heterocycles. The van der Waals surface area contributed by atoms with Crippen molar-refractivity contribution in [3.63, 3.8) is 0 Å². The number of rotatable bonds is 5. The summed E-state index contributed by atoms with van der Waals surface area (Å²) in [5.41, 5.74) is 3.31. The molecule has 0 saturated heterocycles. The molecule has 0 bridgehead atoms. The van der Waals surface area contributed by atoms with E-state index < -0.39 is 17.4 Å². The summed E-state index contributed by atoms with van der Waals surface area (Å²) >= 11 is 0.